The number of nitrogens with zero attached hydrogens (tertiary/aromatic N) is 2. The molecule has 182 valence electrons. The Balaban J connectivity index is 1.26. The Bertz CT molecular complexity index is 1170. The first-order chi connectivity index (χ1) is 17.0. The lowest BCUT2D eigenvalue weighted by Gasteiger charge is -2.38. The Morgan fingerprint density at radius 3 is 2.60 bits per heavy atom. The molecule has 2 aromatic carbocycles. The van der Waals surface area contributed by atoms with E-state index in [1.807, 2.05) is 52.3 Å². The number of likely N-dealkylation sites (tertiary alicyclic amines) is 1. The van der Waals surface area contributed by atoms with Gasteiger partial charge in [0.1, 0.15) is 11.5 Å². The van der Waals surface area contributed by atoms with Gasteiger partial charge in [-0.15, -0.1) is 0 Å². The Morgan fingerprint density at radius 1 is 1.17 bits per heavy atom. The molecular formula is C27H30N4O4. The van der Waals surface area contributed by atoms with Crippen LogP contribution in [0.5, 0.6) is 11.5 Å². The zero-order valence-electron chi connectivity index (χ0n) is 19.8. The summed E-state index contributed by atoms with van der Waals surface area (Å²) in [5.74, 6) is 1.46. The van der Waals surface area contributed by atoms with Crippen molar-refractivity contribution in [2.24, 2.45) is 11.1 Å². The second kappa shape index (κ2) is 9.09. The Labute approximate surface area is 204 Å². The predicted molar refractivity (Wildman–Crippen MR) is 134 cm³/mol. The zero-order chi connectivity index (χ0) is 24.6. The number of para-hydroxylation sites is 1. The first-order valence-electron chi connectivity index (χ1n) is 12.0. The third-order valence-corrected chi connectivity index (χ3v) is 7.61. The van der Waals surface area contributed by atoms with E-state index in [1.54, 1.807) is 7.11 Å². The molecule has 3 aliphatic rings. The van der Waals surface area contributed by atoms with Gasteiger partial charge in [0.25, 0.3) is 5.91 Å². The van der Waals surface area contributed by atoms with Gasteiger partial charge in [-0.05, 0) is 43.0 Å². The molecule has 8 nitrogen and oxygen atoms in total. The summed E-state index contributed by atoms with van der Waals surface area (Å²) >= 11 is 0. The number of carbonyl (C=O) groups excluding carboxylic acids is 2. The number of ether oxygens (including phenoxy) is 2. The van der Waals surface area contributed by atoms with Crippen LogP contribution in [0.15, 0.2) is 48.7 Å². The number of fused-ring (bicyclic) bond motifs is 1. The number of benzene rings is 2. The molecular weight excluding hydrogens is 444 g/mol. The van der Waals surface area contributed by atoms with E-state index >= 15 is 0 Å². The topological polar surface area (TPSA) is 109 Å². The summed E-state index contributed by atoms with van der Waals surface area (Å²) in [6.07, 6.45) is 4.73. The van der Waals surface area contributed by atoms with Gasteiger partial charge in [-0.25, -0.2) is 0 Å². The first kappa shape index (κ1) is 23.0. The average Bonchev–Trinajstić information content (AvgIpc) is 3.47. The van der Waals surface area contributed by atoms with Crippen LogP contribution in [0.2, 0.25) is 0 Å². The average molecular weight is 475 g/mol. The zero-order valence-corrected chi connectivity index (χ0v) is 19.8. The maximum absolute atomic E-state index is 13.6. The highest BCUT2D eigenvalue weighted by Crippen LogP contribution is 2.44. The SMILES string of the molecule is COc1cc(N2CCC3(CCN(C(=O)C4Cc5ccccc5O4)CC3)C2=O)ccc1/C(C=N)=C/N. The lowest BCUT2D eigenvalue weighted by molar-refractivity contribution is -0.142. The largest absolute Gasteiger partial charge is 0.496 e. The molecule has 1 unspecified atom stereocenters. The standard InChI is InChI=1S/C27H30N4O4/c1-34-23-15-20(6-7-21(23)19(16-28)17-29)31-13-10-27(26(31)33)8-11-30(12-9-27)25(32)24-14-18-4-2-3-5-22(18)35-24/h2-7,15-17,24,28H,8-14,29H2,1H3/b19-17+,28-16?. The second-order valence-electron chi connectivity index (χ2n) is 9.38. The van der Waals surface area contributed by atoms with Crippen molar-refractivity contribution in [2.75, 3.05) is 31.6 Å². The molecule has 5 rings (SSSR count). The molecule has 0 radical (unpaired) electrons. The van der Waals surface area contributed by atoms with E-state index in [1.165, 1.54) is 12.4 Å². The van der Waals surface area contributed by atoms with Crippen molar-refractivity contribution in [2.45, 2.75) is 31.8 Å². The maximum Gasteiger partial charge on any atom is 0.263 e. The Kier molecular flexibility index (Phi) is 5.96. The number of allylic oxidation sites excluding steroid dienone is 1. The van der Waals surface area contributed by atoms with Crippen molar-refractivity contribution in [3.63, 3.8) is 0 Å². The molecule has 2 fully saturated rings. The maximum atomic E-state index is 13.6. The fourth-order valence-corrected chi connectivity index (χ4v) is 5.51. The van der Waals surface area contributed by atoms with Crippen molar-refractivity contribution >= 4 is 29.3 Å². The minimum Gasteiger partial charge on any atom is -0.496 e. The summed E-state index contributed by atoms with van der Waals surface area (Å²) in [6.45, 7) is 1.74. The third kappa shape index (κ3) is 3.92. The van der Waals surface area contributed by atoms with Gasteiger partial charge in [-0.2, -0.15) is 0 Å². The van der Waals surface area contributed by atoms with E-state index in [9.17, 15) is 9.59 Å². The summed E-state index contributed by atoms with van der Waals surface area (Å²) < 4.78 is 11.4. The van der Waals surface area contributed by atoms with Gasteiger partial charge in [-0.1, -0.05) is 18.2 Å². The van der Waals surface area contributed by atoms with Gasteiger partial charge >= 0.3 is 0 Å². The number of methoxy groups -OCH3 is 1. The highest BCUT2D eigenvalue weighted by molar-refractivity contribution is 6.09. The van der Waals surface area contributed by atoms with Gasteiger partial charge in [0, 0.05) is 61.4 Å². The highest BCUT2D eigenvalue weighted by Gasteiger charge is 2.49. The quantitative estimate of drug-likeness (QED) is 0.648. The number of amides is 2. The van der Waals surface area contributed by atoms with Crippen molar-refractivity contribution in [3.05, 3.63) is 59.8 Å². The smallest absolute Gasteiger partial charge is 0.263 e. The van der Waals surface area contributed by atoms with E-state index in [2.05, 4.69) is 0 Å². The molecule has 2 amide bonds. The van der Waals surface area contributed by atoms with Crippen LogP contribution in [0, 0.1) is 10.8 Å². The van der Waals surface area contributed by atoms with Crippen molar-refractivity contribution in [3.8, 4) is 11.5 Å². The molecule has 8 heteroatoms. The Hall–Kier alpha value is -3.81. The molecule has 3 N–H and O–H groups in total. The normalized spacial score (nSPS) is 21.1. The molecule has 0 aliphatic carbocycles. The van der Waals surface area contributed by atoms with Crippen LogP contribution in [0.4, 0.5) is 5.69 Å². The van der Waals surface area contributed by atoms with Crippen LogP contribution in [0.25, 0.3) is 5.57 Å². The third-order valence-electron chi connectivity index (χ3n) is 7.61. The fourth-order valence-electron chi connectivity index (χ4n) is 5.51. The number of nitrogens with two attached hydrogens (primary N) is 1. The van der Waals surface area contributed by atoms with Crippen LogP contribution in [-0.2, 0) is 16.0 Å². The van der Waals surface area contributed by atoms with E-state index in [-0.39, 0.29) is 11.8 Å². The molecule has 3 heterocycles. The Morgan fingerprint density at radius 2 is 1.91 bits per heavy atom. The van der Waals surface area contributed by atoms with Crippen molar-refractivity contribution < 1.29 is 19.1 Å². The molecule has 2 aromatic rings. The fraction of sp³-hybridized carbons (Fsp3) is 0.370. The van der Waals surface area contributed by atoms with Crippen molar-refractivity contribution in [1.82, 2.24) is 4.90 Å². The molecule has 0 aromatic heterocycles. The number of rotatable bonds is 5. The number of nitrogens with one attached hydrogen (secondary N) is 1. The van der Waals surface area contributed by atoms with Crippen molar-refractivity contribution in [1.29, 1.82) is 5.41 Å². The summed E-state index contributed by atoms with van der Waals surface area (Å²) in [5.41, 5.74) is 8.28. The molecule has 35 heavy (non-hydrogen) atoms. The number of anilines is 1. The van der Waals surface area contributed by atoms with Crippen LogP contribution in [0.3, 0.4) is 0 Å². The number of hydrogen-bond donors (Lipinski definition) is 2. The summed E-state index contributed by atoms with van der Waals surface area (Å²) in [5, 5.41) is 7.56. The van der Waals surface area contributed by atoms with Crippen LogP contribution >= 0.6 is 0 Å². The van der Waals surface area contributed by atoms with E-state index in [4.69, 9.17) is 20.6 Å². The summed E-state index contributed by atoms with van der Waals surface area (Å²) in [7, 11) is 1.56. The van der Waals surface area contributed by atoms with E-state index in [0.717, 1.165) is 23.4 Å². The van der Waals surface area contributed by atoms with Gasteiger partial charge < -0.3 is 30.4 Å². The predicted octanol–water partition coefficient (Wildman–Crippen LogP) is 2.99. The van der Waals surface area contributed by atoms with Gasteiger partial charge in [0.15, 0.2) is 6.10 Å². The van der Waals surface area contributed by atoms with Gasteiger partial charge in [-0.3, -0.25) is 9.59 Å². The molecule has 2 saturated heterocycles. The van der Waals surface area contributed by atoms with E-state index in [0.29, 0.717) is 55.8 Å². The highest BCUT2D eigenvalue weighted by atomic mass is 16.5. The first-order valence-corrected chi connectivity index (χ1v) is 12.0. The number of piperidine rings is 1. The van der Waals surface area contributed by atoms with Gasteiger partial charge in [0.2, 0.25) is 5.91 Å². The lowest BCUT2D eigenvalue weighted by Crippen LogP contribution is -2.50. The van der Waals surface area contributed by atoms with Crippen LogP contribution in [0.1, 0.15) is 30.4 Å². The molecule has 0 bridgehead atoms. The van der Waals surface area contributed by atoms with Crippen LogP contribution < -0.4 is 20.1 Å². The lowest BCUT2D eigenvalue weighted by atomic mass is 9.77. The summed E-state index contributed by atoms with van der Waals surface area (Å²) in [4.78, 5) is 30.4. The minimum absolute atomic E-state index is 0.00800. The molecule has 1 atom stereocenters. The molecule has 0 saturated carbocycles. The molecule has 1 spiro atoms. The summed E-state index contributed by atoms with van der Waals surface area (Å²) in [6, 6.07) is 13.3. The van der Waals surface area contributed by atoms with E-state index < -0.39 is 11.5 Å². The number of carbonyl (C=O) groups is 2. The van der Waals surface area contributed by atoms with Gasteiger partial charge in [0.05, 0.1) is 12.5 Å². The second-order valence-corrected chi connectivity index (χ2v) is 9.38. The van der Waals surface area contributed by atoms with Crippen LogP contribution in [-0.4, -0.2) is 55.8 Å². The monoisotopic (exact) mass is 474 g/mol. The number of hydrogen-bond acceptors (Lipinski definition) is 6. The molecule has 3 aliphatic heterocycles. The minimum atomic E-state index is -0.475.